The molecule has 0 unspecified atom stereocenters. The number of benzene rings is 1. The maximum absolute atomic E-state index is 11.9. The van der Waals surface area contributed by atoms with E-state index in [1.165, 1.54) is 12.8 Å². The van der Waals surface area contributed by atoms with Crippen LogP contribution in [0.2, 0.25) is 0 Å². The zero-order valence-corrected chi connectivity index (χ0v) is 14.3. The molecular weight excluding hydrogens is 358 g/mol. The molecular formula is C17H18BrN3O2. The van der Waals surface area contributed by atoms with Crippen LogP contribution in [0.4, 0.5) is 11.5 Å². The van der Waals surface area contributed by atoms with E-state index in [9.17, 15) is 4.79 Å². The molecule has 0 aliphatic carbocycles. The van der Waals surface area contributed by atoms with Gasteiger partial charge in [-0.2, -0.15) is 0 Å². The number of carbonyl (C=O) groups excluding carboxylic acids is 1. The van der Waals surface area contributed by atoms with Gasteiger partial charge in [-0.3, -0.25) is 4.79 Å². The van der Waals surface area contributed by atoms with Gasteiger partial charge in [0.2, 0.25) is 0 Å². The van der Waals surface area contributed by atoms with Crippen molar-refractivity contribution in [2.45, 2.75) is 12.8 Å². The van der Waals surface area contributed by atoms with Gasteiger partial charge in [0, 0.05) is 17.6 Å². The minimum atomic E-state index is -0.227. The second-order valence-corrected chi connectivity index (χ2v) is 6.30. The Morgan fingerprint density at radius 3 is 2.57 bits per heavy atom. The lowest BCUT2D eigenvalue weighted by Crippen LogP contribution is -2.21. The number of carbonyl (C=O) groups is 1. The topological polar surface area (TPSA) is 54.5 Å². The molecule has 1 amide bonds. The fraction of sp³-hybridized carbons (Fsp3) is 0.294. The van der Waals surface area contributed by atoms with Gasteiger partial charge >= 0.3 is 0 Å². The Hall–Kier alpha value is -2.08. The molecule has 0 atom stereocenters. The maximum atomic E-state index is 11.9. The van der Waals surface area contributed by atoms with E-state index >= 15 is 0 Å². The summed E-state index contributed by atoms with van der Waals surface area (Å²) in [7, 11) is 0. The van der Waals surface area contributed by atoms with Crippen molar-refractivity contribution < 1.29 is 9.53 Å². The summed E-state index contributed by atoms with van der Waals surface area (Å²) >= 11 is 3.35. The second-order valence-electron chi connectivity index (χ2n) is 5.39. The zero-order valence-electron chi connectivity index (χ0n) is 12.7. The minimum Gasteiger partial charge on any atom is -0.484 e. The highest BCUT2D eigenvalue weighted by molar-refractivity contribution is 9.10. The molecule has 23 heavy (non-hydrogen) atoms. The number of amides is 1. The van der Waals surface area contributed by atoms with E-state index < -0.39 is 0 Å². The van der Waals surface area contributed by atoms with E-state index in [4.69, 9.17) is 4.74 Å². The highest BCUT2D eigenvalue weighted by Gasteiger charge is 2.12. The van der Waals surface area contributed by atoms with Gasteiger partial charge in [0.1, 0.15) is 11.6 Å². The standard InChI is InChI=1S/C17H18BrN3O2/c18-13-3-6-15(7-4-13)23-12-17(22)20-16-8-5-14(11-19-16)21-9-1-2-10-21/h3-8,11H,1-2,9-10,12H2,(H,19,20,22). The van der Waals surface area contributed by atoms with Crippen LogP contribution in [0, 0.1) is 0 Å². The predicted octanol–water partition coefficient (Wildman–Crippen LogP) is 3.46. The van der Waals surface area contributed by atoms with Gasteiger partial charge in [0.15, 0.2) is 6.61 Å². The molecule has 5 nitrogen and oxygen atoms in total. The summed E-state index contributed by atoms with van der Waals surface area (Å²) in [5.74, 6) is 0.965. The third-order valence-electron chi connectivity index (χ3n) is 3.67. The van der Waals surface area contributed by atoms with Crippen LogP contribution in [0.15, 0.2) is 47.1 Å². The minimum absolute atomic E-state index is 0.0445. The monoisotopic (exact) mass is 375 g/mol. The molecule has 0 bridgehead atoms. The summed E-state index contributed by atoms with van der Waals surface area (Å²) < 4.78 is 6.40. The van der Waals surface area contributed by atoms with Crippen molar-refractivity contribution in [3.63, 3.8) is 0 Å². The number of hydrogen-bond donors (Lipinski definition) is 1. The van der Waals surface area contributed by atoms with Gasteiger partial charge in [0.05, 0.1) is 11.9 Å². The smallest absolute Gasteiger partial charge is 0.263 e. The van der Waals surface area contributed by atoms with E-state index in [2.05, 4.69) is 31.1 Å². The molecule has 0 radical (unpaired) electrons. The lowest BCUT2D eigenvalue weighted by molar-refractivity contribution is -0.118. The molecule has 1 N–H and O–H groups in total. The van der Waals surface area contributed by atoms with Crippen molar-refractivity contribution >= 4 is 33.3 Å². The van der Waals surface area contributed by atoms with Crippen LogP contribution >= 0.6 is 15.9 Å². The summed E-state index contributed by atoms with van der Waals surface area (Å²) in [6.07, 6.45) is 4.26. The molecule has 120 valence electrons. The first kappa shape index (κ1) is 15.8. The molecule has 1 aliphatic rings. The lowest BCUT2D eigenvalue weighted by Gasteiger charge is -2.17. The van der Waals surface area contributed by atoms with Crippen molar-refractivity contribution in [2.75, 3.05) is 29.9 Å². The highest BCUT2D eigenvalue weighted by Crippen LogP contribution is 2.20. The third kappa shape index (κ3) is 4.45. The molecule has 2 aromatic rings. The highest BCUT2D eigenvalue weighted by atomic mass is 79.9. The largest absolute Gasteiger partial charge is 0.484 e. The number of hydrogen-bond acceptors (Lipinski definition) is 4. The van der Waals surface area contributed by atoms with Crippen LogP contribution in [-0.2, 0) is 4.79 Å². The number of nitrogens with zero attached hydrogens (tertiary/aromatic N) is 2. The van der Waals surface area contributed by atoms with E-state index in [0.717, 1.165) is 23.2 Å². The molecule has 1 aromatic heterocycles. The average molecular weight is 376 g/mol. The Kier molecular flexibility index (Phi) is 5.12. The van der Waals surface area contributed by atoms with Crippen molar-refractivity contribution in [1.29, 1.82) is 0 Å². The number of ether oxygens (including phenoxy) is 1. The number of rotatable bonds is 5. The van der Waals surface area contributed by atoms with Crippen LogP contribution in [0.25, 0.3) is 0 Å². The van der Waals surface area contributed by atoms with Gasteiger partial charge in [-0.25, -0.2) is 4.98 Å². The quantitative estimate of drug-likeness (QED) is 0.869. The fourth-order valence-corrected chi connectivity index (χ4v) is 2.75. The Labute approximate surface area is 143 Å². The fourth-order valence-electron chi connectivity index (χ4n) is 2.48. The first-order valence-corrected chi connectivity index (χ1v) is 8.39. The maximum Gasteiger partial charge on any atom is 0.263 e. The number of pyridine rings is 1. The lowest BCUT2D eigenvalue weighted by atomic mass is 10.3. The summed E-state index contributed by atoms with van der Waals surface area (Å²) in [6, 6.07) is 11.2. The predicted molar refractivity (Wildman–Crippen MR) is 94.0 cm³/mol. The molecule has 1 aromatic carbocycles. The van der Waals surface area contributed by atoms with Crippen molar-refractivity contribution in [1.82, 2.24) is 4.98 Å². The molecule has 1 aliphatic heterocycles. The molecule has 1 fully saturated rings. The van der Waals surface area contributed by atoms with Gasteiger partial charge in [-0.1, -0.05) is 15.9 Å². The summed E-state index contributed by atoms with van der Waals surface area (Å²) in [5.41, 5.74) is 1.10. The van der Waals surface area contributed by atoms with Gasteiger partial charge in [0.25, 0.3) is 5.91 Å². The van der Waals surface area contributed by atoms with Crippen LogP contribution in [0.5, 0.6) is 5.75 Å². The Morgan fingerprint density at radius 2 is 1.91 bits per heavy atom. The van der Waals surface area contributed by atoms with Crippen molar-refractivity contribution in [3.05, 3.63) is 47.1 Å². The number of aromatic nitrogens is 1. The second kappa shape index (κ2) is 7.46. The SMILES string of the molecule is O=C(COc1ccc(Br)cc1)Nc1ccc(N2CCCC2)cn1. The van der Waals surface area contributed by atoms with Crippen LogP contribution in [0.3, 0.4) is 0 Å². The van der Waals surface area contributed by atoms with E-state index in [1.54, 1.807) is 18.3 Å². The number of anilines is 2. The average Bonchev–Trinajstić information content (AvgIpc) is 3.09. The molecule has 6 heteroatoms. The first-order valence-electron chi connectivity index (χ1n) is 7.60. The molecule has 1 saturated heterocycles. The first-order chi connectivity index (χ1) is 11.2. The molecule has 2 heterocycles. The molecule has 3 rings (SSSR count). The van der Waals surface area contributed by atoms with E-state index in [0.29, 0.717) is 11.6 Å². The summed E-state index contributed by atoms with van der Waals surface area (Å²) in [5, 5.41) is 2.74. The van der Waals surface area contributed by atoms with E-state index in [1.807, 2.05) is 24.3 Å². The Balaban J connectivity index is 1.50. The van der Waals surface area contributed by atoms with Crippen molar-refractivity contribution in [3.8, 4) is 5.75 Å². The third-order valence-corrected chi connectivity index (χ3v) is 4.20. The van der Waals surface area contributed by atoms with Crippen molar-refractivity contribution in [2.24, 2.45) is 0 Å². The Bertz CT molecular complexity index is 653. The molecule has 0 spiro atoms. The molecule has 0 saturated carbocycles. The normalized spacial score (nSPS) is 13.9. The van der Waals surface area contributed by atoms with Gasteiger partial charge < -0.3 is 15.0 Å². The summed E-state index contributed by atoms with van der Waals surface area (Å²) in [4.78, 5) is 18.5. The van der Waals surface area contributed by atoms with Gasteiger partial charge in [-0.15, -0.1) is 0 Å². The van der Waals surface area contributed by atoms with Crippen LogP contribution < -0.4 is 15.0 Å². The summed E-state index contributed by atoms with van der Waals surface area (Å²) in [6.45, 7) is 2.11. The number of nitrogens with one attached hydrogen (secondary N) is 1. The van der Waals surface area contributed by atoms with Gasteiger partial charge in [-0.05, 0) is 49.2 Å². The van der Waals surface area contributed by atoms with Crippen LogP contribution in [-0.4, -0.2) is 30.6 Å². The van der Waals surface area contributed by atoms with Crippen LogP contribution in [0.1, 0.15) is 12.8 Å². The Morgan fingerprint density at radius 1 is 1.17 bits per heavy atom. The number of halogens is 1. The zero-order chi connectivity index (χ0) is 16.1. The van der Waals surface area contributed by atoms with E-state index in [-0.39, 0.29) is 12.5 Å².